The first-order valence-electron chi connectivity index (χ1n) is 9.44. The Balaban J connectivity index is 2.04. The summed E-state index contributed by atoms with van der Waals surface area (Å²) in [7, 11) is 0. The third-order valence-electron chi connectivity index (χ3n) is 4.24. The van der Waals surface area contributed by atoms with Crippen molar-refractivity contribution < 1.29 is 14.3 Å². The normalized spacial score (nSPS) is 13.8. The van der Waals surface area contributed by atoms with Gasteiger partial charge in [0, 0.05) is 12.2 Å². The number of ether oxygens (including phenoxy) is 2. The first-order valence-corrected chi connectivity index (χ1v) is 11.3. The molecule has 28 heavy (non-hydrogen) atoms. The second-order valence-corrected chi connectivity index (χ2v) is 8.38. The number of fused-ring (bicyclic) bond motifs is 1. The van der Waals surface area contributed by atoms with Crippen molar-refractivity contribution in [3.8, 4) is 11.4 Å². The van der Waals surface area contributed by atoms with Gasteiger partial charge in [0.25, 0.3) is 5.56 Å². The maximum Gasteiger partial charge on any atom is 0.319 e. The van der Waals surface area contributed by atoms with Crippen LogP contribution in [-0.2, 0) is 16.0 Å². The second kappa shape index (κ2) is 9.52. The van der Waals surface area contributed by atoms with Crippen molar-refractivity contribution in [2.45, 2.75) is 48.9 Å². The molecule has 0 bridgehead atoms. The number of esters is 1. The number of rotatable bonds is 8. The van der Waals surface area contributed by atoms with Gasteiger partial charge in [0.1, 0.15) is 11.0 Å². The van der Waals surface area contributed by atoms with Gasteiger partial charge in [0.2, 0.25) is 0 Å². The predicted octanol–water partition coefficient (Wildman–Crippen LogP) is 3.71. The van der Waals surface area contributed by atoms with Crippen LogP contribution in [0.25, 0.3) is 5.69 Å². The van der Waals surface area contributed by atoms with E-state index >= 15 is 0 Å². The largest absolute Gasteiger partial charge is 0.494 e. The van der Waals surface area contributed by atoms with Crippen molar-refractivity contribution in [3.05, 3.63) is 40.3 Å². The molecule has 0 saturated carbocycles. The van der Waals surface area contributed by atoms with Crippen molar-refractivity contribution in [1.29, 1.82) is 0 Å². The molecule has 0 saturated heterocycles. The lowest BCUT2D eigenvalue weighted by Gasteiger charge is -2.18. The summed E-state index contributed by atoms with van der Waals surface area (Å²) in [6.07, 6.45) is 1.36. The SMILES string of the molecule is CCOC(=O)C(CC)Sc1nc2c(c(=O)n1-c1ccc(OCC)cc1)SCC2. The van der Waals surface area contributed by atoms with Crippen LogP contribution in [0.3, 0.4) is 0 Å². The third kappa shape index (κ3) is 4.38. The molecule has 0 radical (unpaired) electrons. The number of hydrogen-bond acceptors (Lipinski definition) is 7. The lowest BCUT2D eigenvalue weighted by atomic mass is 10.3. The quantitative estimate of drug-likeness (QED) is 0.366. The van der Waals surface area contributed by atoms with Gasteiger partial charge in [-0.2, -0.15) is 0 Å². The summed E-state index contributed by atoms with van der Waals surface area (Å²) in [6, 6.07) is 7.36. The molecule has 2 aromatic rings. The van der Waals surface area contributed by atoms with Crippen LogP contribution in [0.4, 0.5) is 0 Å². The molecular formula is C20H24N2O4S2. The molecule has 1 aliphatic heterocycles. The highest BCUT2D eigenvalue weighted by Gasteiger charge is 2.27. The Kier molecular flexibility index (Phi) is 7.07. The van der Waals surface area contributed by atoms with Crippen LogP contribution < -0.4 is 10.3 Å². The number of aromatic nitrogens is 2. The van der Waals surface area contributed by atoms with E-state index in [-0.39, 0.29) is 11.5 Å². The highest BCUT2D eigenvalue weighted by molar-refractivity contribution is 8.00. The fourth-order valence-electron chi connectivity index (χ4n) is 2.92. The van der Waals surface area contributed by atoms with E-state index in [1.165, 1.54) is 11.8 Å². The summed E-state index contributed by atoms with van der Waals surface area (Å²) in [5.74, 6) is 1.32. The molecule has 0 fully saturated rings. The Hall–Kier alpha value is -1.93. The van der Waals surface area contributed by atoms with Crippen LogP contribution in [0, 0.1) is 0 Å². The number of carbonyl (C=O) groups is 1. The summed E-state index contributed by atoms with van der Waals surface area (Å²) in [6.45, 7) is 6.55. The summed E-state index contributed by atoms with van der Waals surface area (Å²) < 4.78 is 12.3. The van der Waals surface area contributed by atoms with Crippen LogP contribution in [-0.4, -0.2) is 39.7 Å². The average molecular weight is 421 g/mol. The molecule has 0 amide bonds. The monoisotopic (exact) mass is 420 g/mol. The fourth-order valence-corrected chi connectivity index (χ4v) is 4.99. The Bertz CT molecular complexity index is 896. The summed E-state index contributed by atoms with van der Waals surface area (Å²) >= 11 is 2.83. The van der Waals surface area contributed by atoms with Crippen LogP contribution in [0.2, 0.25) is 0 Å². The fraction of sp³-hybridized carbons (Fsp3) is 0.450. The van der Waals surface area contributed by atoms with Gasteiger partial charge in [-0.1, -0.05) is 18.7 Å². The number of aryl methyl sites for hydroxylation is 1. The highest BCUT2D eigenvalue weighted by Crippen LogP contribution is 2.32. The molecule has 8 heteroatoms. The number of hydrogen-bond donors (Lipinski definition) is 0. The van der Waals surface area contributed by atoms with Gasteiger partial charge < -0.3 is 9.47 Å². The van der Waals surface area contributed by atoms with Crippen LogP contribution in [0.1, 0.15) is 32.9 Å². The number of benzene rings is 1. The minimum Gasteiger partial charge on any atom is -0.494 e. The molecule has 0 N–H and O–H groups in total. The molecule has 0 aliphatic carbocycles. The smallest absolute Gasteiger partial charge is 0.319 e. The maximum absolute atomic E-state index is 13.2. The lowest BCUT2D eigenvalue weighted by Crippen LogP contribution is -2.26. The van der Waals surface area contributed by atoms with Crippen molar-refractivity contribution in [2.24, 2.45) is 0 Å². The Labute approximate surface area is 173 Å². The van der Waals surface area contributed by atoms with Crippen LogP contribution in [0.5, 0.6) is 5.75 Å². The van der Waals surface area contributed by atoms with E-state index in [2.05, 4.69) is 0 Å². The Morgan fingerprint density at radius 1 is 1.25 bits per heavy atom. The predicted molar refractivity (Wildman–Crippen MR) is 112 cm³/mol. The summed E-state index contributed by atoms with van der Waals surface area (Å²) in [4.78, 5) is 30.9. The van der Waals surface area contributed by atoms with E-state index in [0.29, 0.717) is 35.4 Å². The first kappa shape index (κ1) is 20.8. The van der Waals surface area contributed by atoms with Crippen LogP contribution >= 0.6 is 23.5 Å². The first-order chi connectivity index (χ1) is 13.6. The molecule has 1 aliphatic rings. The second-order valence-electron chi connectivity index (χ2n) is 6.10. The van der Waals surface area contributed by atoms with Crippen molar-refractivity contribution in [2.75, 3.05) is 19.0 Å². The van der Waals surface area contributed by atoms with Gasteiger partial charge >= 0.3 is 5.97 Å². The van der Waals surface area contributed by atoms with Crippen molar-refractivity contribution in [1.82, 2.24) is 9.55 Å². The minimum absolute atomic E-state index is 0.0853. The molecule has 6 nitrogen and oxygen atoms in total. The highest BCUT2D eigenvalue weighted by atomic mass is 32.2. The Morgan fingerprint density at radius 2 is 2.00 bits per heavy atom. The number of thioether (sulfide) groups is 2. The zero-order valence-electron chi connectivity index (χ0n) is 16.3. The molecule has 1 atom stereocenters. The van der Waals surface area contributed by atoms with E-state index in [1.807, 2.05) is 38.1 Å². The topological polar surface area (TPSA) is 70.4 Å². The zero-order chi connectivity index (χ0) is 20.1. The van der Waals surface area contributed by atoms with Crippen molar-refractivity contribution in [3.63, 3.8) is 0 Å². The van der Waals surface area contributed by atoms with Gasteiger partial charge in [-0.15, -0.1) is 11.8 Å². The average Bonchev–Trinajstić information content (AvgIpc) is 3.16. The molecule has 1 aromatic heterocycles. The van der Waals surface area contributed by atoms with Gasteiger partial charge in [-0.3, -0.25) is 14.2 Å². The molecule has 2 heterocycles. The molecule has 1 aromatic carbocycles. The molecular weight excluding hydrogens is 396 g/mol. The summed E-state index contributed by atoms with van der Waals surface area (Å²) in [5.41, 5.74) is 1.44. The standard InChI is InChI=1S/C20H24N2O4S2/c1-4-16(19(24)26-6-3)28-20-21-15-11-12-27-17(15)18(23)22(20)13-7-9-14(10-8-13)25-5-2/h7-10,16H,4-6,11-12H2,1-3H3. The third-order valence-corrected chi connectivity index (χ3v) is 6.64. The number of nitrogens with zero attached hydrogens (tertiary/aromatic N) is 2. The van der Waals surface area contributed by atoms with Crippen LogP contribution in [0.15, 0.2) is 39.1 Å². The molecule has 150 valence electrons. The molecule has 0 spiro atoms. The van der Waals surface area contributed by atoms with E-state index in [9.17, 15) is 9.59 Å². The Morgan fingerprint density at radius 3 is 2.64 bits per heavy atom. The van der Waals surface area contributed by atoms with E-state index in [4.69, 9.17) is 14.5 Å². The van der Waals surface area contributed by atoms with Gasteiger partial charge in [-0.25, -0.2) is 4.98 Å². The molecule has 3 rings (SSSR count). The summed E-state index contributed by atoms with van der Waals surface area (Å²) in [5, 5.41) is 0.114. The van der Waals surface area contributed by atoms with E-state index < -0.39 is 5.25 Å². The van der Waals surface area contributed by atoms with Crippen molar-refractivity contribution >= 4 is 29.5 Å². The lowest BCUT2D eigenvalue weighted by molar-refractivity contribution is -0.142. The van der Waals surface area contributed by atoms with Gasteiger partial charge in [0.05, 0.1) is 29.5 Å². The van der Waals surface area contributed by atoms with E-state index in [0.717, 1.165) is 23.6 Å². The van der Waals surface area contributed by atoms with E-state index in [1.54, 1.807) is 23.3 Å². The molecule has 1 unspecified atom stereocenters. The van der Waals surface area contributed by atoms with Gasteiger partial charge in [-0.05, 0) is 44.5 Å². The van der Waals surface area contributed by atoms with Gasteiger partial charge in [0.15, 0.2) is 5.16 Å². The number of carbonyl (C=O) groups excluding carboxylic acids is 1. The maximum atomic E-state index is 13.2. The zero-order valence-corrected chi connectivity index (χ0v) is 17.9. The minimum atomic E-state index is -0.409.